The van der Waals surface area contributed by atoms with Crippen molar-refractivity contribution in [2.45, 2.75) is 64.0 Å². The summed E-state index contributed by atoms with van der Waals surface area (Å²) in [6.45, 7) is 6.18. The van der Waals surface area contributed by atoms with Crippen LogP contribution in [0.2, 0.25) is 0 Å². The summed E-state index contributed by atoms with van der Waals surface area (Å²) in [5.41, 5.74) is 0.315. The Bertz CT molecular complexity index is 209. The Hall–Kier alpha value is -0.0800. The van der Waals surface area contributed by atoms with E-state index in [9.17, 15) is 5.11 Å². The largest absolute Gasteiger partial charge is 0.396 e. The fraction of sp³-hybridized carbons (Fsp3) is 1.00. The van der Waals surface area contributed by atoms with Gasteiger partial charge in [0, 0.05) is 24.7 Å². The molecule has 0 amide bonds. The van der Waals surface area contributed by atoms with Gasteiger partial charge in [-0.05, 0) is 39.0 Å². The highest BCUT2D eigenvalue weighted by Crippen LogP contribution is 2.37. The van der Waals surface area contributed by atoms with E-state index < -0.39 is 0 Å². The van der Waals surface area contributed by atoms with E-state index in [1.54, 1.807) is 0 Å². The average molecular weight is 211 g/mol. The quantitative estimate of drug-likeness (QED) is 0.758. The van der Waals surface area contributed by atoms with Crippen molar-refractivity contribution < 1.29 is 5.11 Å². The Balaban J connectivity index is 2.00. The predicted molar refractivity (Wildman–Crippen MR) is 62.9 cm³/mol. The number of likely N-dealkylation sites (tertiary alicyclic amines) is 1. The van der Waals surface area contributed by atoms with Crippen molar-refractivity contribution in [3.63, 3.8) is 0 Å². The van der Waals surface area contributed by atoms with Crippen LogP contribution in [0, 0.1) is 5.92 Å². The Morgan fingerprint density at radius 2 is 1.87 bits per heavy atom. The summed E-state index contributed by atoms with van der Waals surface area (Å²) in [7, 11) is 0. The van der Waals surface area contributed by atoms with E-state index in [4.69, 9.17) is 0 Å². The Morgan fingerprint density at radius 3 is 2.40 bits per heavy atom. The first-order valence-corrected chi connectivity index (χ1v) is 6.51. The van der Waals surface area contributed by atoms with Gasteiger partial charge < -0.3 is 5.11 Å². The standard InChI is InChI=1S/C13H25NO/c1-13(2)8-11(10-15)9-14(13)12-6-4-3-5-7-12/h11-12,15H,3-10H2,1-2H3. The van der Waals surface area contributed by atoms with Crippen LogP contribution in [0.3, 0.4) is 0 Å². The molecule has 2 rings (SSSR count). The molecule has 1 saturated carbocycles. The molecule has 0 aromatic carbocycles. The zero-order valence-corrected chi connectivity index (χ0v) is 10.2. The van der Waals surface area contributed by atoms with Gasteiger partial charge in [-0.1, -0.05) is 19.3 Å². The molecule has 2 aliphatic rings. The average Bonchev–Trinajstić information content (AvgIpc) is 2.55. The van der Waals surface area contributed by atoms with Crippen molar-refractivity contribution in [2.24, 2.45) is 5.92 Å². The molecule has 0 bridgehead atoms. The van der Waals surface area contributed by atoms with Crippen molar-refractivity contribution in [1.29, 1.82) is 0 Å². The summed E-state index contributed by atoms with van der Waals surface area (Å²) in [5.74, 6) is 0.516. The molecule has 1 N–H and O–H groups in total. The predicted octanol–water partition coefficient (Wildman–Crippen LogP) is 2.41. The second kappa shape index (κ2) is 4.42. The van der Waals surface area contributed by atoms with Gasteiger partial charge in [-0.3, -0.25) is 4.90 Å². The third-order valence-corrected chi connectivity index (χ3v) is 4.29. The lowest BCUT2D eigenvalue weighted by Crippen LogP contribution is -2.46. The zero-order valence-electron chi connectivity index (χ0n) is 10.2. The number of hydrogen-bond acceptors (Lipinski definition) is 2. The van der Waals surface area contributed by atoms with Crippen molar-refractivity contribution in [1.82, 2.24) is 4.90 Å². The molecule has 1 aliphatic carbocycles. The van der Waals surface area contributed by atoms with Crippen LogP contribution in [0.15, 0.2) is 0 Å². The molecule has 1 atom stereocenters. The lowest BCUT2D eigenvalue weighted by Gasteiger charge is -2.40. The molecular formula is C13H25NO. The maximum atomic E-state index is 9.29. The molecule has 88 valence electrons. The third kappa shape index (κ3) is 2.36. The van der Waals surface area contributed by atoms with E-state index >= 15 is 0 Å². The summed E-state index contributed by atoms with van der Waals surface area (Å²) >= 11 is 0. The van der Waals surface area contributed by atoms with Crippen LogP contribution in [0.25, 0.3) is 0 Å². The first-order chi connectivity index (χ1) is 7.13. The Kier molecular flexibility index (Phi) is 3.36. The first kappa shape index (κ1) is 11.4. The van der Waals surface area contributed by atoms with Gasteiger partial charge in [0.2, 0.25) is 0 Å². The van der Waals surface area contributed by atoms with Gasteiger partial charge >= 0.3 is 0 Å². The number of aliphatic hydroxyl groups is 1. The van der Waals surface area contributed by atoms with Crippen molar-refractivity contribution in [3.05, 3.63) is 0 Å². The maximum Gasteiger partial charge on any atom is 0.0472 e. The SMILES string of the molecule is CC1(C)CC(CO)CN1C1CCCCC1. The molecule has 0 radical (unpaired) electrons. The van der Waals surface area contributed by atoms with E-state index in [1.165, 1.54) is 38.5 Å². The molecule has 1 unspecified atom stereocenters. The molecule has 0 aromatic heterocycles. The molecule has 1 aliphatic heterocycles. The van der Waals surface area contributed by atoms with E-state index in [0.717, 1.165) is 12.6 Å². The minimum atomic E-state index is 0.315. The molecule has 2 fully saturated rings. The van der Waals surface area contributed by atoms with Gasteiger partial charge in [0.1, 0.15) is 0 Å². The van der Waals surface area contributed by atoms with E-state index in [1.807, 2.05) is 0 Å². The van der Waals surface area contributed by atoms with Crippen LogP contribution in [0.1, 0.15) is 52.4 Å². The number of aliphatic hydroxyl groups excluding tert-OH is 1. The molecule has 0 aromatic rings. The highest BCUT2D eigenvalue weighted by molar-refractivity contribution is 4.96. The summed E-state index contributed by atoms with van der Waals surface area (Å²) in [4.78, 5) is 2.67. The Morgan fingerprint density at radius 1 is 1.20 bits per heavy atom. The fourth-order valence-corrected chi connectivity index (χ4v) is 3.57. The molecule has 1 saturated heterocycles. The van der Waals surface area contributed by atoms with Crippen molar-refractivity contribution in [3.8, 4) is 0 Å². The maximum absolute atomic E-state index is 9.29. The number of hydrogen-bond donors (Lipinski definition) is 1. The monoisotopic (exact) mass is 211 g/mol. The molecule has 15 heavy (non-hydrogen) atoms. The van der Waals surface area contributed by atoms with E-state index in [-0.39, 0.29) is 0 Å². The second-order valence-electron chi connectivity index (χ2n) is 6.01. The van der Waals surface area contributed by atoms with Crippen LogP contribution in [0.4, 0.5) is 0 Å². The van der Waals surface area contributed by atoms with Gasteiger partial charge in [-0.2, -0.15) is 0 Å². The van der Waals surface area contributed by atoms with Crippen LogP contribution in [-0.2, 0) is 0 Å². The number of rotatable bonds is 2. The van der Waals surface area contributed by atoms with Crippen molar-refractivity contribution >= 4 is 0 Å². The lowest BCUT2D eigenvalue weighted by atomic mass is 9.91. The fourth-order valence-electron chi connectivity index (χ4n) is 3.57. The van der Waals surface area contributed by atoms with Crippen LogP contribution < -0.4 is 0 Å². The van der Waals surface area contributed by atoms with Gasteiger partial charge in [0.05, 0.1) is 0 Å². The van der Waals surface area contributed by atoms with E-state index in [2.05, 4.69) is 18.7 Å². The van der Waals surface area contributed by atoms with Crippen LogP contribution >= 0.6 is 0 Å². The molecule has 1 heterocycles. The van der Waals surface area contributed by atoms with Gasteiger partial charge in [0.15, 0.2) is 0 Å². The topological polar surface area (TPSA) is 23.5 Å². The lowest BCUT2D eigenvalue weighted by molar-refractivity contribution is 0.0878. The Labute approximate surface area is 93.7 Å². The van der Waals surface area contributed by atoms with Gasteiger partial charge in [-0.25, -0.2) is 0 Å². The molecular weight excluding hydrogens is 186 g/mol. The smallest absolute Gasteiger partial charge is 0.0472 e. The minimum absolute atomic E-state index is 0.315. The third-order valence-electron chi connectivity index (χ3n) is 4.29. The first-order valence-electron chi connectivity index (χ1n) is 6.51. The molecule has 0 spiro atoms. The highest BCUT2D eigenvalue weighted by atomic mass is 16.3. The summed E-state index contributed by atoms with van der Waals surface area (Å²) in [5, 5.41) is 9.29. The summed E-state index contributed by atoms with van der Waals surface area (Å²) < 4.78 is 0. The highest BCUT2D eigenvalue weighted by Gasteiger charge is 2.41. The normalized spacial score (nSPS) is 33.4. The summed E-state index contributed by atoms with van der Waals surface area (Å²) in [6, 6.07) is 0.797. The van der Waals surface area contributed by atoms with Crippen molar-refractivity contribution in [2.75, 3.05) is 13.2 Å². The summed E-state index contributed by atoms with van der Waals surface area (Å²) in [6.07, 6.45) is 8.15. The second-order valence-corrected chi connectivity index (χ2v) is 6.01. The van der Waals surface area contributed by atoms with Gasteiger partial charge in [0.25, 0.3) is 0 Å². The number of nitrogens with zero attached hydrogens (tertiary/aromatic N) is 1. The molecule has 2 heteroatoms. The van der Waals surface area contributed by atoms with Gasteiger partial charge in [-0.15, -0.1) is 0 Å². The minimum Gasteiger partial charge on any atom is -0.396 e. The molecule has 2 nitrogen and oxygen atoms in total. The van der Waals surface area contributed by atoms with E-state index in [0.29, 0.717) is 18.1 Å². The van der Waals surface area contributed by atoms with Crippen LogP contribution in [0.5, 0.6) is 0 Å². The zero-order chi connectivity index (χ0) is 10.9. The van der Waals surface area contributed by atoms with Crippen LogP contribution in [-0.4, -0.2) is 34.7 Å².